The number of rotatable bonds is 13. The predicted octanol–water partition coefficient (Wildman–Crippen LogP) is 18.1. The molecular weight excluding hydrogens is 797 g/mol. The highest BCUT2D eigenvalue weighted by atomic mass is 15.1. The molecule has 0 unspecified atom stereocenters. The van der Waals surface area contributed by atoms with Crippen LogP contribution < -0.4 is 9.80 Å². The Morgan fingerprint density at radius 2 is 0.561 bits per heavy atom. The minimum absolute atomic E-state index is 1.09. The summed E-state index contributed by atoms with van der Waals surface area (Å²) in [6.07, 6.45) is 17.2. The van der Waals surface area contributed by atoms with Gasteiger partial charge in [-0.2, -0.15) is 0 Å². The van der Waals surface area contributed by atoms with Gasteiger partial charge in [0.1, 0.15) is 0 Å². The third-order valence-electron chi connectivity index (χ3n) is 11.8. The lowest BCUT2D eigenvalue weighted by Gasteiger charge is -2.27. The molecule has 10 aromatic carbocycles. The zero-order chi connectivity index (χ0) is 44.3. The lowest BCUT2D eigenvalue weighted by atomic mass is 10.0. The van der Waals surface area contributed by atoms with Crippen LogP contribution in [0.3, 0.4) is 0 Å². The van der Waals surface area contributed by atoms with Crippen LogP contribution in [0.25, 0.3) is 57.0 Å². The summed E-state index contributed by atoms with van der Waals surface area (Å²) in [5, 5.41) is 4.81. The third kappa shape index (κ3) is 9.45. The molecule has 0 aromatic heterocycles. The predicted molar refractivity (Wildman–Crippen MR) is 285 cm³/mol. The van der Waals surface area contributed by atoms with Crippen molar-refractivity contribution in [2.45, 2.75) is 0 Å². The van der Waals surface area contributed by atoms with Crippen molar-refractivity contribution in [1.29, 1.82) is 0 Å². The monoisotopic (exact) mass is 844 g/mol. The highest BCUT2D eigenvalue weighted by Gasteiger charge is 2.17. The number of hydrogen-bond donors (Lipinski definition) is 0. The van der Waals surface area contributed by atoms with E-state index in [0.717, 1.165) is 56.4 Å². The molecular formula is C64H48N2. The van der Waals surface area contributed by atoms with E-state index in [-0.39, 0.29) is 0 Å². The van der Waals surface area contributed by atoms with E-state index in [0.29, 0.717) is 0 Å². The van der Waals surface area contributed by atoms with E-state index in [4.69, 9.17) is 0 Å². The van der Waals surface area contributed by atoms with Crippen LogP contribution in [0.15, 0.2) is 267 Å². The van der Waals surface area contributed by atoms with Gasteiger partial charge in [0.05, 0.1) is 0 Å². The van der Waals surface area contributed by atoms with Crippen molar-refractivity contribution in [2.75, 3.05) is 9.80 Å². The Balaban J connectivity index is 0.965. The maximum Gasteiger partial charge on any atom is 0.0473 e. The number of para-hydroxylation sites is 2. The summed E-state index contributed by atoms with van der Waals surface area (Å²) < 4.78 is 0. The van der Waals surface area contributed by atoms with E-state index in [2.05, 4.69) is 289 Å². The first-order valence-electron chi connectivity index (χ1n) is 22.5. The number of fused-ring (bicyclic) bond motifs is 2. The van der Waals surface area contributed by atoms with Crippen LogP contribution in [0.2, 0.25) is 0 Å². The lowest BCUT2D eigenvalue weighted by Crippen LogP contribution is -2.10. The Bertz CT molecular complexity index is 3090. The summed E-state index contributed by atoms with van der Waals surface area (Å²) in [4.78, 5) is 4.70. The Kier molecular flexibility index (Phi) is 12.4. The molecule has 66 heavy (non-hydrogen) atoms. The fourth-order valence-electron chi connectivity index (χ4n) is 8.62. The molecule has 0 amide bonds. The van der Waals surface area contributed by atoms with Gasteiger partial charge in [0.15, 0.2) is 0 Å². The molecule has 0 saturated carbocycles. The Morgan fingerprint density at radius 3 is 0.955 bits per heavy atom. The summed E-state index contributed by atoms with van der Waals surface area (Å²) in [6.45, 7) is 0. The van der Waals surface area contributed by atoms with E-state index >= 15 is 0 Å². The second-order valence-corrected chi connectivity index (χ2v) is 16.2. The van der Waals surface area contributed by atoms with Crippen molar-refractivity contribution in [3.8, 4) is 11.1 Å². The summed E-state index contributed by atoms with van der Waals surface area (Å²) in [5.74, 6) is 0. The molecule has 10 aromatic rings. The highest BCUT2D eigenvalue weighted by molar-refractivity contribution is 5.97. The molecule has 0 bridgehead atoms. The van der Waals surface area contributed by atoms with Crippen molar-refractivity contribution in [3.63, 3.8) is 0 Å². The Labute approximate surface area is 388 Å². The Hall–Kier alpha value is -8.72. The number of allylic oxidation sites excluding steroid dienone is 4. The number of nitrogens with zero attached hydrogens (tertiary/aromatic N) is 2. The second-order valence-electron chi connectivity index (χ2n) is 16.2. The maximum absolute atomic E-state index is 2.35. The van der Waals surface area contributed by atoms with Gasteiger partial charge < -0.3 is 9.80 Å². The fraction of sp³-hybridized carbons (Fsp3) is 0. The first-order valence-corrected chi connectivity index (χ1v) is 22.5. The van der Waals surface area contributed by atoms with Crippen LogP contribution in [0, 0.1) is 0 Å². The van der Waals surface area contributed by atoms with E-state index < -0.39 is 0 Å². The van der Waals surface area contributed by atoms with Gasteiger partial charge in [0.2, 0.25) is 0 Å². The maximum atomic E-state index is 2.35. The molecule has 0 radical (unpaired) electrons. The molecule has 0 aliphatic rings. The molecule has 0 aliphatic heterocycles. The average Bonchev–Trinajstić information content (AvgIpc) is 3.38. The van der Waals surface area contributed by atoms with Gasteiger partial charge in [-0.1, -0.05) is 218 Å². The Morgan fingerprint density at radius 1 is 0.242 bits per heavy atom. The van der Waals surface area contributed by atoms with Crippen LogP contribution in [0.4, 0.5) is 34.1 Å². The first kappa shape index (κ1) is 41.3. The third-order valence-corrected chi connectivity index (χ3v) is 11.8. The summed E-state index contributed by atoms with van der Waals surface area (Å²) in [6, 6.07) is 86.4. The zero-order valence-corrected chi connectivity index (χ0v) is 36.6. The van der Waals surface area contributed by atoms with Crippen LogP contribution in [-0.2, 0) is 0 Å². The van der Waals surface area contributed by atoms with E-state index in [1.807, 2.05) is 12.1 Å². The number of hydrogen-bond acceptors (Lipinski definition) is 2. The summed E-state index contributed by atoms with van der Waals surface area (Å²) >= 11 is 0. The average molecular weight is 845 g/mol. The second kappa shape index (κ2) is 19.8. The van der Waals surface area contributed by atoms with Gasteiger partial charge in [-0.05, 0) is 128 Å². The molecule has 0 fully saturated rings. The van der Waals surface area contributed by atoms with E-state index in [1.54, 1.807) is 0 Å². The van der Waals surface area contributed by atoms with Gasteiger partial charge in [-0.15, -0.1) is 0 Å². The molecule has 0 aliphatic carbocycles. The van der Waals surface area contributed by atoms with Crippen molar-refractivity contribution >= 4 is 80.0 Å². The number of anilines is 6. The highest BCUT2D eigenvalue weighted by Crippen LogP contribution is 2.41. The van der Waals surface area contributed by atoms with Gasteiger partial charge in [0.25, 0.3) is 0 Å². The minimum atomic E-state index is 1.09. The zero-order valence-electron chi connectivity index (χ0n) is 36.6. The van der Waals surface area contributed by atoms with Crippen molar-refractivity contribution in [3.05, 3.63) is 289 Å². The molecule has 0 atom stereocenters. The molecule has 2 heteroatoms. The molecule has 2 nitrogen and oxygen atoms in total. The lowest BCUT2D eigenvalue weighted by molar-refractivity contribution is 1.28. The fourth-order valence-corrected chi connectivity index (χ4v) is 8.62. The standard InChI is InChI=1S/C64H48N2/c1-5-21-49(22-6-1)25-13-15-27-53-45-61(47-55-29-17-19-35-63(53)55)65(57-31-9-3-10-32-57)59-41-37-51(38-42-59)52-39-43-60(44-40-52)66(58-33-11-4-12-34-58)62-46-54(64-36-20-18-30-56(64)48-62)28-16-14-26-50-23-7-2-8-24-50/h1-48H/b25-13+,26-14+,27-15+,28-16+. The van der Waals surface area contributed by atoms with Crippen LogP contribution in [0.5, 0.6) is 0 Å². The minimum Gasteiger partial charge on any atom is -0.310 e. The number of benzene rings is 10. The SMILES string of the molecule is C(/C=C/c1cc(N(c2ccccc2)c2ccc(-c3ccc(N(c4ccccc4)c4cc(/C=C/C=C/c5ccccc5)c5ccccc5c4)cc3)cc2)cc2ccccc12)=C\c1ccccc1. The quantitative estimate of drug-likeness (QED) is 0.107. The molecule has 314 valence electrons. The van der Waals surface area contributed by atoms with Crippen molar-refractivity contribution < 1.29 is 0 Å². The molecule has 0 heterocycles. The van der Waals surface area contributed by atoms with Crippen LogP contribution in [-0.4, -0.2) is 0 Å². The molecule has 0 saturated heterocycles. The van der Waals surface area contributed by atoms with Gasteiger partial charge >= 0.3 is 0 Å². The van der Waals surface area contributed by atoms with Crippen molar-refractivity contribution in [2.24, 2.45) is 0 Å². The summed E-state index contributed by atoms with van der Waals surface area (Å²) in [5.41, 5.74) is 13.5. The normalized spacial score (nSPS) is 11.7. The smallest absolute Gasteiger partial charge is 0.0473 e. The molecule has 0 spiro atoms. The molecule has 10 rings (SSSR count). The van der Waals surface area contributed by atoms with E-state index in [9.17, 15) is 0 Å². The molecule has 0 N–H and O–H groups in total. The van der Waals surface area contributed by atoms with Gasteiger partial charge in [0, 0.05) is 34.1 Å². The first-order chi connectivity index (χ1) is 32.7. The van der Waals surface area contributed by atoms with E-state index in [1.165, 1.54) is 32.7 Å². The summed E-state index contributed by atoms with van der Waals surface area (Å²) in [7, 11) is 0. The van der Waals surface area contributed by atoms with Crippen LogP contribution >= 0.6 is 0 Å². The largest absolute Gasteiger partial charge is 0.310 e. The van der Waals surface area contributed by atoms with Gasteiger partial charge in [-0.25, -0.2) is 0 Å². The van der Waals surface area contributed by atoms with Crippen LogP contribution in [0.1, 0.15) is 22.3 Å². The topological polar surface area (TPSA) is 6.48 Å². The van der Waals surface area contributed by atoms with Gasteiger partial charge in [-0.3, -0.25) is 0 Å². The van der Waals surface area contributed by atoms with Crippen molar-refractivity contribution in [1.82, 2.24) is 0 Å².